The van der Waals surface area contributed by atoms with E-state index in [2.05, 4.69) is 24.5 Å². The molecule has 4 N–H and O–H groups in total. The summed E-state index contributed by atoms with van der Waals surface area (Å²) in [6, 6.07) is 8.07. The molecule has 6 nitrogen and oxygen atoms in total. The number of benzene rings is 1. The molecule has 2 atom stereocenters. The summed E-state index contributed by atoms with van der Waals surface area (Å²) >= 11 is 0. The lowest BCUT2D eigenvalue weighted by molar-refractivity contribution is -0.122. The van der Waals surface area contributed by atoms with Crippen LogP contribution in [0.1, 0.15) is 218 Å². The smallest absolute Gasteiger partial charge is 0.220 e. The molecule has 2 amide bonds. The van der Waals surface area contributed by atoms with Gasteiger partial charge < -0.3 is 20.8 Å². The Morgan fingerprint density at radius 2 is 0.700 bits per heavy atom. The van der Waals surface area contributed by atoms with Crippen LogP contribution in [0.3, 0.4) is 0 Å². The standard InChI is InChI=1S/C44H80N2O4/c1-3-5-7-9-11-13-15-21-27-41(47)29-23-17-19-25-31-43(49)45-37-39-33-35-40(36-34-39)38-46-44(50)32-26-20-18-24-30-42(48)28-22-16-14-12-10-8-6-4-2/h33-36,41-42,47-48H,3-32,37-38H2,1-2H3,(H,45,49)(H,46,50). The first kappa shape index (κ1) is 46.1. The van der Waals surface area contributed by atoms with E-state index in [1.165, 1.54) is 89.9 Å². The molecule has 0 spiro atoms. The van der Waals surface area contributed by atoms with E-state index in [4.69, 9.17) is 0 Å². The van der Waals surface area contributed by atoms with E-state index in [-0.39, 0.29) is 24.0 Å². The quantitative estimate of drug-likeness (QED) is 0.0524. The van der Waals surface area contributed by atoms with Crippen molar-refractivity contribution in [1.29, 1.82) is 0 Å². The molecular weight excluding hydrogens is 620 g/mol. The van der Waals surface area contributed by atoms with Gasteiger partial charge in [-0.3, -0.25) is 9.59 Å². The van der Waals surface area contributed by atoms with E-state index in [0.29, 0.717) is 25.9 Å². The Bertz CT molecular complexity index is 833. The van der Waals surface area contributed by atoms with Gasteiger partial charge in [-0.1, -0.05) is 179 Å². The molecule has 0 aromatic heterocycles. The number of unbranched alkanes of at least 4 members (excludes halogenated alkanes) is 20. The minimum absolute atomic E-state index is 0.0889. The van der Waals surface area contributed by atoms with Crippen LogP contribution < -0.4 is 10.6 Å². The fourth-order valence-electron chi connectivity index (χ4n) is 6.71. The minimum atomic E-state index is -0.165. The number of carbonyl (C=O) groups excluding carboxylic acids is 2. The van der Waals surface area contributed by atoms with E-state index in [9.17, 15) is 19.8 Å². The predicted molar refractivity (Wildman–Crippen MR) is 212 cm³/mol. The van der Waals surface area contributed by atoms with Gasteiger partial charge in [0.15, 0.2) is 0 Å². The van der Waals surface area contributed by atoms with Gasteiger partial charge in [-0.25, -0.2) is 0 Å². The Labute approximate surface area is 308 Å². The Balaban J connectivity index is 1.97. The van der Waals surface area contributed by atoms with Crippen LogP contribution in [0.15, 0.2) is 24.3 Å². The average Bonchev–Trinajstić information content (AvgIpc) is 3.12. The van der Waals surface area contributed by atoms with Gasteiger partial charge in [0.05, 0.1) is 12.2 Å². The van der Waals surface area contributed by atoms with Gasteiger partial charge in [-0.15, -0.1) is 0 Å². The molecular formula is C44H80N2O4. The first-order chi connectivity index (χ1) is 24.4. The van der Waals surface area contributed by atoms with Gasteiger partial charge in [0, 0.05) is 25.9 Å². The van der Waals surface area contributed by atoms with Crippen molar-refractivity contribution in [1.82, 2.24) is 10.6 Å². The van der Waals surface area contributed by atoms with E-state index < -0.39 is 0 Å². The molecule has 0 bridgehead atoms. The van der Waals surface area contributed by atoms with Crippen molar-refractivity contribution in [2.75, 3.05) is 0 Å². The van der Waals surface area contributed by atoms with Crippen LogP contribution in [0, 0.1) is 0 Å². The van der Waals surface area contributed by atoms with Crippen LogP contribution in [0.25, 0.3) is 0 Å². The second-order valence-electron chi connectivity index (χ2n) is 15.1. The zero-order valence-electron chi connectivity index (χ0n) is 32.8. The maximum absolute atomic E-state index is 12.3. The van der Waals surface area contributed by atoms with Gasteiger partial charge in [-0.05, 0) is 49.7 Å². The molecule has 0 aliphatic rings. The van der Waals surface area contributed by atoms with Crippen LogP contribution in [-0.4, -0.2) is 34.2 Å². The fraction of sp³-hybridized carbons (Fsp3) is 0.818. The lowest BCUT2D eigenvalue weighted by atomic mass is 10.0. The van der Waals surface area contributed by atoms with E-state index in [0.717, 1.165) is 101 Å². The first-order valence-corrected chi connectivity index (χ1v) is 21.4. The summed E-state index contributed by atoms with van der Waals surface area (Å²) in [4.78, 5) is 24.6. The molecule has 0 saturated heterocycles. The fourth-order valence-corrected chi connectivity index (χ4v) is 6.71. The molecule has 0 aliphatic heterocycles. The zero-order chi connectivity index (χ0) is 36.3. The zero-order valence-corrected chi connectivity index (χ0v) is 32.8. The van der Waals surface area contributed by atoms with Crippen LogP contribution >= 0.6 is 0 Å². The number of hydrogen-bond acceptors (Lipinski definition) is 4. The maximum atomic E-state index is 12.3. The summed E-state index contributed by atoms with van der Waals surface area (Å²) < 4.78 is 0. The highest BCUT2D eigenvalue weighted by molar-refractivity contribution is 5.76. The number of nitrogens with one attached hydrogen (secondary N) is 2. The molecule has 6 heteroatoms. The maximum Gasteiger partial charge on any atom is 0.220 e. The molecule has 1 aromatic rings. The van der Waals surface area contributed by atoms with Crippen LogP contribution in [0.2, 0.25) is 0 Å². The summed E-state index contributed by atoms with van der Waals surface area (Å²) in [7, 11) is 0. The number of amides is 2. The topological polar surface area (TPSA) is 98.7 Å². The third kappa shape index (κ3) is 29.8. The van der Waals surface area contributed by atoms with Crippen molar-refractivity contribution >= 4 is 11.8 Å². The number of aliphatic hydroxyl groups is 2. The van der Waals surface area contributed by atoms with Gasteiger partial charge in [-0.2, -0.15) is 0 Å². The molecule has 0 aliphatic carbocycles. The predicted octanol–water partition coefficient (Wildman–Crippen LogP) is 11.4. The Morgan fingerprint density at radius 3 is 1.00 bits per heavy atom. The number of carbonyl (C=O) groups is 2. The molecule has 1 rings (SSSR count). The number of rotatable bonds is 36. The summed E-state index contributed by atoms with van der Waals surface area (Å²) in [6.07, 6.45) is 33.3. The third-order valence-corrected chi connectivity index (χ3v) is 10.2. The van der Waals surface area contributed by atoms with Crippen molar-refractivity contribution < 1.29 is 19.8 Å². The minimum Gasteiger partial charge on any atom is -0.393 e. The third-order valence-electron chi connectivity index (χ3n) is 10.2. The lowest BCUT2D eigenvalue weighted by Gasteiger charge is -2.10. The van der Waals surface area contributed by atoms with Crippen LogP contribution in [-0.2, 0) is 22.7 Å². The van der Waals surface area contributed by atoms with E-state index >= 15 is 0 Å². The molecule has 50 heavy (non-hydrogen) atoms. The summed E-state index contributed by atoms with van der Waals surface area (Å²) in [5.41, 5.74) is 2.11. The first-order valence-electron chi connectivity index (χ1n) is 21.4. The molecule has 0 heterocycles. The van der Waals surface area contributed by atoms with Crippen molar-refractivity contribution in [3.8, 4) is 0 Å². The largest absolute Gasteiger partial charge is 0.393 e. The Kier molecular flexibility index (Phi) is 31.5. The summed E-state index contributed by atoms with van der Waals surface area (Å²) in [5.74, 6) is 0.178. The van der Waals surface area contributed by atoms with E-state index in [1.54, 1.807) is 0 Å². The molecule has 0 radical (unpaired) electrons. The number of hydrogen-bond donors (Lipinski definition) is 4. The van der Waals surface area contributed by atoms with Crippen LogP contribution in [0.5, 0.6) is 0 Å². The molecule has 2 unspecified atom stereocenters. The second-order valence-corrected chi connectivity index (χ2v) is 15.1. The van der Waals surface area contributed by atoms with Crippen LogP contribution in [0.4, 0.5) is 0 Å². The molecule has 290 valence electrons. The highest BCUT2D eigenvalue weighted by atomic mass is 16.3. The normalized spacial score (nSPS) is 12.6. The molecule has 0 saturated carbocycles. The Hall–Kier alpha value is -1.92. The van der Waals surface area contributed by atoms with Crippen molar-refractivity contribution in [2.45, 2.75) is 232 Å². The van der Waals surface area contributed by atoms with Gasteiger partial charge in [0.1, 0.15) is 0 Å². The second kappa shape index (κ2) is 34.2. The lowest BCUT2D eigenvalue weighted by Crippen LogP contribution is -2.23. The van der Waals surface area contributed by atoms with E-state index in [1.807, 2.05) is 24.3 Å². The SMILES string of the molecule is CCCCCCCCCCC(O)CCCCCCC(=O)NCc1ccc(CNC(=O)CCCCCCC(O)CCCCCCCCCC)cc1. The highest BCUT2D eigenvalue weighted by Crippen LogP contribution is 2.16. The summed E-state index contributed by atoms with van der Waals surface area (Å²) in [5, 5.41) is 26.5. The Morgan fingerprint density at radius 1 is 0.440 bits per heavy atom. The molecule has 1 aromatic carbocycles. The van der Waals surface area contributed by atoms with Gasteiger partial charge in [0.25, 0.3) is 0 Å². The van der Waals surface area contributed by atoms with Gasteiger partial charge >= 0.3 is 0 Å². The molecule has 0 fully saturated rings. The van der Waals surface area contributed by atoms with Crippen molar-refractivity contribution in [3.63, 3.8) is 0 Å². The number of aliphatic hydroxyl groups excluding tert-OH is 2. The summed E-state index contributed by atoms with van der Waals surface area (Å²) in [6.45, 7) is 5.55. The van der Waals surface area contributed by atoms with Crippen molar-refractivity contribution in [2.24, 2.45) is 0 Å². The average molecular weight is 701 g/mol. The van der Waals surface area contributed by atoms with Gasteiger partial charge in [0.2, 0.25) is 11.8 Å². The monoisotopic (exact) mass is 701 g/mol. The highest BCUT2D eigenvalue weighted by Gasteiger charge is 2.07. The van der Waals surface area contributed by atoms with Crippen molar-refractivity contribution in [3.05, 3.63) is 35.4 Å².